The highest BCUT2D eigenvalue weighted by Gasteiger charge is 2.41. The van der Waals surface area contributed by atoms with E-state index in [9.17, 15) is 4.79 Å². The number of methoxy groups -OCH3 is 2. The summed E-state index contributed by atoms with van der Waals surface area (Å²) in [5.41, 5.74) is 1.71. The van der Waals surface area contributed by atoms with Crippen molar-refractivity contribution in [3.8, 4) is 0 Å². The van der Waals surface area contributed by atoms with Gasteiger partial charge in [-0.3, -0.25) is 5.10 Å². The fourth-order valence-corrected chi connectivity index (χ4v) is 3.46. The Morgan fingerprint density at radius 1 is 1.32 bits per heavy atom. The molecule has 3 heterocycles. The first-order valence-electron chi connectivity index (χ1n) is 9.02. The van der Waals surface area contributed by atoms with E-state index in [-0.39, 0.29) is 5.97 Å². The molecular formula is C19H22N6O3. The van der Waals surface area contributed by atoms with Crippen LogP contribution in [0.25, 0.3) is 16.6 Å². The highest BCUT2D eigenvalue weighted by molar-refractivity contribution is 5.90. The second kappa shape index (κ2) is 7.08. The number of aromatic amines is 2. The highest BCUT2D eigenvalue weighted by Crippen LogP contribution is 2.36. The molecule has 3 aromatic rings. The summed E-state index contributed by atoms with van der Waals surface area (Å²) in [6, 6.07) is 3.83. The molecule has 9 nitrogen and oxygen atoms in total. The minimum atomic E-state index is -0.942. The van der Waals surface area contributed by atoms with Crippen molar-refractivity contribution in [2.24, 2.45) is 0 Å². The number of aromatic nitrogens is 5. The number of hydrogen-bond acceptors (Lipinski definition) is 7. The molecule has 0 aliphatic heterocycles. The van der Waals surface area contributed by atoms with Crippen LogP contribution >= 0.6 is 0 Å². The Bertz CT molecular complexity index is 1050. The van der Waals surface area contributed by atoms with Crippen molar-refractivity contribution < 1.29 is 14.3 Å². The Hall–Kier alpha value is -3.20. The number of fused-ring (bicyclic) bond motifs is 1. The zero-order valence-electron chi connectivity index (χ0n) is 16.0. The predicted molar refractivity (Wildman–Crippen MR) is 104 cm³/mol. The Labute approximate surface area is 161 Å². The third-order valence-electron chi connectivity index (χ3n) is 5.08. The quantitative estimate of drug-likeness (QED) is 0.581. The summed E-state index contributed by atoms with van der Waals surface area (Å²) in [6.07, 6.45) is 5.31. The Balaban J connectivity index is 1.68. The summed E-state index contributed by atoms with van der Waals surface area (Å²) in [4.78, 5) is 24.6. The third-order valence-corrected chi connectivity index (χ3v) is 5.08. The molecule has 0 aromatic carbocycles. The fourth-order valence-electron chi connectivity index (χ4n) is 3.46. The molecule has 9 heteroatoms. The maximum atomic E-state index is 12.1. The van der Waals surface area contributed by atoms with E-state index in [1.807, 2.05) is 31.3 Å². The van der Waals surface area contributed by atoms with Crippen LogP contribution in [0.3, 0.4) is 0 Å². The van der Waals surface area contributed by atoms with Gasteiger partial charge in [0.2, 0.25) is 0 Å². The Morgan fingerprint density at radius 3 is 2.82 bits per heavy atom. The molecule has 3 aromatic heterocycles. The second-order valence-electron chi connectivity index (χ2n) is 6.82. The SMILES string of the molecule is COC(=O)C1(OC)CC=C(c2nc(Nc3cc(C)[nH]n3)c3cc[nH]c3n2)CC1. The van der Waals surface area contributed by atoms with Crippen LogP contribution in [0.4, 0.5) is 11.6 Å². The lowest BCUT2D eigenvalue weighted by molar-refractivity contribution is -0.166. The maximum Gasteiger partial charge on any atom is 0.338 e. The number of nitrogens with one attached hydrogen (secondary N) is 3. The molecule has 0 spiro atoms. The summed E-state index contributed by atoms with van der Waals surface area (Å²) >= 11 is 0. The second-order valence-corrected chi connectivity index (χ2v) is 6.82. The molecule has 0 bridgehead atoms. The van der Waals surface area contributed by atoms with Gasteiger partial charge < -0.3 is 19.8 Å². The number of allylic oxidation sites excluding steroid dienone is 1. The van der Waals surface area contributed by atoms with Crippen LogP contribution in [0.2, 0.25) is 0 Å². The van der Waals surface area contributed by atoms with Gasteiger partial charge >= 0.3 is 5.97 Å². The predicted octanol–water partition coefficient (Wildman–Crippen LogP) is 2.86. The normalized spacial score (nSPS) is 19.5. The van der Waals surface area contributed by atoms with Crippen molar-refractivity contribution >= 4 is 34.2 Å². The Morgan fingerprint density at radius 2 is 2.18 bits per heavy atom. The smallest absolute Gasteiger partial charge is 0.338 e. The van der Waals surface area contributed by atoms with E-state index in [0.717, 1.165) is 22.3 Å². The zero-order valence-corrected chi connectivity index (χ0v) is 16.0. The molecular weight excluding hydrogens is 360 g/mol. The van der Waals surface area contributed by atoms with Crippen LogP contribution in [-0.2, 0) is 14.3 Å². The van der Waals surface area contributed by atoms with Crippen molar-refractivity contribution in [3.05, 3.63) is 35.9 Å². The van der Waals surface area contributed by atoms with Gasteiger partial charge in [0.1, 0.15) is 11.5 Å². The van der Waals surface area contributed by atoms with E-state index in [1.165, 1.54) is 14.2 Å². The standard InChI is InChI=1S/C19H22N6O3/c1-11-10-14(25-24-11)21-17-13-6-9-20-16(13)22-15(23-17)12-4-7-19(28-3,8-5-12)18(26)27-2/h4,6,9-10H,5,7-8H2,1-3H3,(H3,20,21,22,23,24,25). The molecule has 0 saturated carbocycles. The van der Waals surface area contributed by atoms with Crippen molar-refractivity contribution in [2.75, 3.05) is 19.5 Å². The number of aryl methyl sites for hydroxylation is 1. The summed E-state index contributed by atoms with van der Waals surface area (Å²) in [6.45, 7) is 1.94. The molecule has 3 N–H and O–H groups in total. The summed E-state index contributed by atoms with van der Waals surface area (Å²) in [5, 5.41) is 11.2. The molecule has 1 atom stereocenters. The van der Waals surface area contributed by atoms with Crippen LogP contribution in [0.5, 0.6) is 0 Å². The molecule has 0 radical (unpaired) electrons. The van der Waals surface area contributed by atoms with Crippen LogP contribution in [-0.4, -0.2) is 50.9 Å². The van der Waals surface area contributed by atoms with Crippen LogP contribution in [0.1, 0.15) is 30.8 Å². The van der Waals surface area contributed by atoms with Gasteiger partial charge in [0.15, 0.2) is 17.2 Å². The number of H-pyrrole nitrogens is 2. The van der Waals surface area contributed by atoms with Crippen LogP contribution < -0.4 is 5.32 Å². The number of carbonyl (C=O) groups excluding carboxylic acids is 1. The van der Waals surface area contributed by atoms with Gasteiger partial charge in [0.25, 0.3) is 0 Å². The lowest BCUT2D eigenvalue weighted by Crippen LogP contribution is -2.42. The van der Waals surface area contributed by atoms with Gasteiger partial charge in [0, 0.05) is 31.5 Å². The minimum Gasteiger partial charge on any atom is -0.467 e. The van der Waals surface area contributed by atoms with Gasteiger partial charge in [-0.1, -0.05) is 6.08 Å². The van der Waals surface area contributed by atoms with Crippen molar-refractivity contribution in [3.63, 3.8) is 0 Å². The topological polar surface area (TPSA) is 118 Å². The largest absolute Gasteiger partial charge is 0.467 e. The monoisotopic (exact) mass is 382 g/mol. The van der Waals surface area contributed by atoms with Crippen LogP contribution in [0.15, 0.2) is 24.4 Å². The van der Waals surface area contributed by atoms with E-state index < -0.39 is 5.60 Å². The maximum absolute atomic E-state index is 12.1. The number of nitrogens with zero attached hydrogens (tertiary/aromatic N) is 3. The number of carbonyl (C=O) groups is 1. The first-order chi connectivity index (χ1) is 13.5. The fraction of sp³-hybridized carbons (Fsp3) is 0.368. The average molecular weight is 382 g/mol. The van der Waals surface area contributed by atoms with Gasteiger partial charge in [0.05, 0.1) is 12.5 Å². The first kappa shape index (κ1) is 18.2. The number of anilines is 2. The molecule has 1 aliphatic carbocycles. The average Bonchev–Trinajstić information content (AvgIpc) is 3.36. The molecule has 0 saturated heterocycles. The molecule has 4 rings (SSSR count). The molecule has 0 fully saturated rings. The highest BCUT2D eigenvalue weighted by atomic mass is 16.6. The van der Waals surface area contributed by atoms with Crippen LogP contribution in [0, 0.1) is 6.92 Å². The third kappa shape index (κ3) is 3.13. The van der Waals surface area contributed by atoms with Crippen molar-refractivity contribution in [1.29, 1.82) is 0 Å². The Kier molecular flexibility index (Phi) is 4.60. The van der Waals surface area contributed by atoms with Gasteiger partial charge in [-0.25, -0.2) is 14.8 Å². The molecule has 28 heavy (non-hydrogen) atoms. The molecule has 1 unspecified atom stereocenters. The molecule has 146 valence electrons. The zero-order chi connectivity index (χ0) is 19.7. The summed E-state index contributed by atoms with van der Waals surface area (Å²) in [5.74, 6) is 1.61. The lowest BCUT2D eigenvalue weighted by Gasteiger charge is -2.32. The van der Waals surface area contributed by atoms with Crippen molar-refractivity contribution in [1.82, 2.24) is 25.1 Å². The number of esters is 1. The first-order valence-corrected chi connectivity index (χ1v) is 9.02. The van der Waals surface area contributed by atoms with Gasteiger partial charge in [-0.15, -0.1) is 0 Å². The number of ether oxygens (including phenoxy) is 2. The van der Waals surface area contributed by atoms with E-state index in [2.05, 4.69) is 25.5 Å². The van der Waals surface area contributed by atoms with E-state index >= 15 is 0 Å². The van der Waals surface area contributed by atoms with Gasteiger partial charge in [-0.2, -0.15) is 5.10 Å². The van der Waals surface area contributed by atoms with Gasteiger partial charge in [-0.05, 0) is 31.4 Å². The van der Waals surface area contributed by atoms with E-state index in [0.29, 0.717) is 36.7 Å². The molecule has 1 aliphatic rings. The lowest BCUT2D eigenvalue weighted by atomic mass is 9.85. The summed E-state index contributed by atoms with van der Waals surface area (Å²) in [7, 11) is 2.91. The van der Waals surface area contributed by atoms with E-state index in [4.69, 9.17) is 14.5 Å². The summed E-state index contributed by atoms with van der Waals surface area (Å²) < 4.78 is 10.4. The van der Waals surface area contributed by atoms with E-state index in [1.54, 1.807) is 0 Å². The molecule has 0 amide bonds. The minimum absolute atomic E-state index is 0.359. The van der Waals surface area contributed by atoms with Crippen molar-refractivity contribution in [2.45, 2.75) is 31.8 Å². The number of rotatable bonds is 5. The number of hydrogen-bond donors (Lipinski definition) is 3.